The molecule has 0 atom stereocenters. The number of nitrogens with two attached hydrogens (primary N) is 1. The summed E-state index contributed by atoms with van der Waals surface area (Å²) in [6.07, 6.45) is 0. The molecule has 0 aliphatic heterocycles. The third kappa shape index (κ3) is 3.48. The van der Waals surface area contributed by atoms with Crippen LogP contribution in [0.5, 0.6) is 5.75 Å². The van der Waals surface area contributed by atoms with Gasteiger partial charge in [-0.1, -0.05) is 23.9 Å². The second-order valence-corrected chi connectivity index (χ2v) is 5.05. The molecule has 1 heterocycles. The van der Waals surface area contributed by atoms with E-state index in [-0.39, 0.29) is 0 Å². The molecule has 0 bridgehead atoms. The topological polar surface area (TPSA) is 66.0 Å². The largest absolute Gasteiger partial charge is 0.497 e. The maximum Gasteiger partial charge on any atom is 0.191 e. The Morgan fingerprint density at radius 2 is 2.21 bits per heavy atom. The number of aryl methyl sites for hydroxylation is 1. The van der Waals surface area contributed by atoms with E-state index in [0.717, 1.165) is 29.0 Å². The van der Waals surface area contributed by atoms with E-state index in [1.165, 1.54) is 5.56 Å². The van der Waals surface area contributed by atoms with Gasteiger partial charge in [-0.3, -0.25) is 0 Å². The smallest absolute Gasteiger partial charge is 0.191 e. The zero-order valence-electron chi connectivity index (χ0n) is 11.2. The Hall–Kier alpha value is -1.53. The summed E-state index contributed by atoms with van der Waals surface area (Å²) in [7, 11) is 1.67. The normalized spacial score (nSPS) is 10.7. The SMILES string of the molecule is COc1cccc(CSc2nnc(C)n2CCN)c1. The van der Waals surface area contributed by atoms with E-state index in [2.05, 4.69) is 16.3 Å². The van der Waals surface area contributed by atoms with Gasteiger partial charge < -0.3 is 15.0 Å². The predicted molar refractivity (Wildman–Crippen MR) is 76.4 cm³/mol. The maximum absolute atomic E-state index is 5.60. The van der Waals surface area contributed by atoms with Gasteiger partial charge in [-0.15, -0.1) is 10.2 Å². The Labute approximate surface area is 117 Å². The minimum atomic E-state index is 0.589. The van der Waals surface area contributed by atoms with Crippen LogP contribution < -0.4 is 10.5 Å². The van der Waals surface area contributed by atoms with Crippen molar-refractivity contribution in [1.82, 2.24) is 14.8 Å². The van der Waals surface area contributed by atoms with Gasteiger partial charge in [-0.25, -0.2) is 0 Å². The standard InChI is InChI=1S/C13H18N4OS/c1-10-15-16-13(17(10)7-6-14)19-9-11-4-3-5-12(8-11)18-2/h3-5,8H,6-7,9,14H2,1-2H3. The Bertz CT molecular complexity index is 541. The molecule has 2 N–H and O–H groups in total. The minimum absolute atomic E-state index is 0.589. The molecule has 0 saturated heterocycles. The second kappa shape index (κ2) is 6.58. The molecule has 0 unspecified atom stereocenters. The molecule has 1 aromatic heterocycles. The number of nitrogens with zero attached hydrogens (tertiary/aromatic N) is 3. The molecule has 102 valence electrons. The van der Waals surface area contributed by atoms with Crippen LogP contribution in [0.4, 0.5) is 0 Å². The van der Waals surface area contributed by atoms with Gasteiger partial charge in [0.15, 0.2) is 5.16 Å². The number of methoxy groups -OCH3 is 1. The highest BCUT2D eigenvalue weighted by Crippen LogP contribution is 2.23. The molecule has 0 fully saturated rings. The highest BCUT2D eigenvalue weighted by molar-refractivity contribution is 7.98. The van der Waals surface area contributed by atoms with E-state index in [0.29, 0.717) is 6.54 Å². The number of ether oxygens (including phenoxy) is 1. The number of thioether (sulfide) groups is 1. The number of hydrogen-bond donors (Lipinski definition) is 1. The van der Waals surface area contributed by atoms with Crippen LogP contribution in [0.2, 0.25) is 0 Å². The molecule has 2 rings (SSSR count). The molecule has 6 heteroatoms. The lowest BCUT2D eigenvalue weighted by molar-refractivity contribution is 0.414. The van der Waals surface area contributed by atoms with Gasteiger partial charge in [-0.05, 0) is 24.6 Å². The van der Waals surface area contributed by atoms with Crippen molar-refractivity contribution in [2.24, 2.45) is 5.73 Å². The molecule has 0 saturated carbocycles. The van der Waals surface area contributed by atoms with Crippen LogP contribution in [-0.2, 0) is 12.3 Å². The van der Waals surface area contributed by atoms with Crippen molar-refractivity contribution < 1.29 is 4.74 Å². The van der Waals surface area contributed by atoms with Crippen LogP contribution in [0.3, 0.4) is 0 Å². The first kappa shape index (κ1) is 13.9. The number of rotatable bonds is 6. The average Bonchev–Trinajstić information content (AvgIpc) is 2.78. The molecule has 0 amide bonds. The summed E-state index contributed by atoms with van der Waals surface area (Å²) in [5.41, 5.74) is 6.80. The van der Waals surface area contributed by atoms with Gasteiger partial charge in [0.05, 0.1) is 7.11 Å². The predicted octanol–water partition coefficient (Wildman–Crippen LogP) is 1.85. The quantitative estimate of drug-likeness (QED) is 0.817. The monoisotopic (exact) mass is 278 g/mol. The van der Waals surface area contributed by atoms with E-state index < -0.39 is 0 Å². The highest BCUT2D eigenvalue weighted by atomic mass is 32.2. The van der Waals surface area contributed by atoms with Gasteiger partial charge in [-0.2, -0.15) is 0 Å². The Kier molecular flexibility index (Phi) is 4.81. The lowest BCUT2D eigenvalue weighted by Gasteiger charge is -2.07. The first-order valence-corrected chi connectivity index (χ1v) is 7.08. The van der Waals surface area contributed by atoms with E-state index in [9.17, 15) is 0 Å². The maximum atomic E-state index is 5.60. The summed E-state index contributed by atoms with van der Waals surface area (Å²) in [5.74, 6) is 2.61. The zero-order valence-corrected chi connectivity index (χ0v) is 12.0. The van der Waals surface area contributed by atoms with Crippen LogP contribution in [0.25, 0.3) is 0 Å². The number of aromatic nitrogens is 3. The van der Waals surface area contributed by atoms with Crippen molar-refractivity contribution in [3.63, 3.8) is 0 Å². The molecule has 2 aromatic rings. The number of benzene rings is 1. The van der Waals surface area contributed by atoms with Crippen molar-refractivity contribution in [2.75, 3.05) is 13.7 Å². The van der Waals surface area contributed by atoms with Crippen molar-refractivity contribution in [3.05, 3.63) is 35.7 Å². The van der Waals surface area contributed by atoms with Crippen LogP contribution in [0.15, 0.2) is 29.4 Å². The zero-order chi connectivity index (χ0) is 13.7. The summed E-state index contributed by atoms with van der Waals surface area (Å²) in [6.45, 7) is 3.28. The molecule has 0 aliphatic carbocycles. The number of hydrogen-bond acceptors (Lipinski definition) is 5. The molecule has 0 spiro atoms. The fourth-order valence-corrected chi connectivity index (χ4v) is 2.72. The Morgan fingerprint density at radius 3 is 2.95 bits per heavy atom. The van der Waals surface area contributed by atoms with Crippen molar-refractivity contribution in [2.45, 2.75) is 24.4 Å². The fourth-order valence-electron chi connectivity index (χ4n) is 1.76. The Morgan fingerprint density at radius 1 is 1.37 bits per heavy atom. The fraction of sp³-hybridized carbons (Fsp3) is 0.385. The summed E-state index contributed by atoms with van der Waals surface area (Å²) in [4.78, 5) is 0. The first-order chi connectivity index (χ1) is 9.24. The second-order valence-electron chi connectivity index (χ2n) is 4.11. The van der Waals surface area contributed by atoms with Crippen molar-refractivity contribution in [1.29, 1.82) is 0 Å². The minimum Gasteiger partial charge on any atom is -0.497 e. The van der Waals surface area contributed by atoms with Crippen LogP contribution in [0.1, 0.15) is 11.4 Å². The first-order valence-electron chi connectivity index (χ1n) is 6.10. The molecule has 0 aliphatic rings. The third-order valence-electron chi connectivity index (χ3n) is 2.76. The molecule has 19 heavy (non-hydrogen) atoms. The summed E-state index contributed by atoms with van der Waals surface area (Å²) in [5, 5.41) is 9.18. The summed E-state index contributed by atoms with van der Waals surface area (Å²) >= 11 is 1.66. The molecule has 1 aromatic carbocycles. The van der Waals surface area contributed by atoms with Crippen molar-refractivity contribution >= 4 is 11.8 Å². The van der Waals surface area contributed by atoms with Gasteiger partial charge in [0.1, 0.15) is 11.6 Å². The molecule has 0 radical (unpaired) electrons. The van der Waals surface area contributed by atoms with Gasteiger partial charge >= 0.3 is 0 Å². The van der Waals surface area contributed by atoms with Crippen LogP contribution in [-0.4, -0.2) is 28.4 Å². The third-order valence-corrected chi connectivity index (χ3v) is 3.79. The molecule has 5 nitrogen and oxygen atoms in total. The lowest BCUT2D eigenvalue weighted by atomic mass is 10.2. The van der Waals surface area contributed by atoms with E-state index in [1.807, 2.05) is 29.7 Å². The summed E-state index contributed by atoms with van der Waals surface area (Å²) in [6, 6.07) is 8.04. The van der Waals surface area contributed by atoms with Gasteiger partial charge in [0.2, 0.25) is 0 Å². The van der Waals surface area contributed by atoms with Crippen LogP contribution in [0, 0.1) is 6.92 Å². The van der Waals surface area contributed by atoms with Crippen LogP contribution >= 0.6 is 11.8 Å². The van der Waals surface area contributed by atoms with E-state index in [4.69, 9.17) is 10.5 Å². The highest BCUT2D eigenvalue weighted by Gasteiger charge is 2.08. The average molecular weight is 278 g/mol. The Balaban J connectivity index is 2.05. The van der Waals surface area contributed by atoms with E-state index in [1.54, 1.807) is 18.9 Å². The summed E-state index contributed by atoms with van der Waals surface area (Å²) < 4.78 is 7.26. The molecular weight excluding hydrogens is 260 g/mol. The van der Waals surface area contributed by atoms with Crippen molar-refractivity contribution in [3.8, 4) is 5.75 Å². The lowest BCUT2D eigenvalue weighted by Crippen LogP contribution is -2.12. The van der Waals surface area contributed by atoms with Gasteiger partial charge in [0.25, 0.3) is 0 Å². The molecular formula is C13H18N4OS. The van der Waals surface area contributed by atoms with Gasteiger partial charge in [0, 0.05) is 18.8 Å². The van der Waals surface area contributed by atoms with E-state index >= 15 is 0 Å².